The first kappa shape index (κ1) is 29.0. The molecule has 4 rings (SSSR count). The number of fused-ring (bicyclic) bond motifs is 2. The van der Waals surface area contributed by atoms with Crippen LogP contribution in [0.25, 0.3) is 16.6 Å². The number of amides is 2. The van der Waals surface area contributed by atoms with Crippen LogP contribution >= 0.6 is 11.6 Å². The highest BCUT2D eigenvalue weighted by molar-refractivity contribution is 6.35. The predicted octanol–water partition coefficient (Wildman–Crippen LogP) is 2.32. The minimum Gasteiger partial charge on any atom is -0.491 e. The van der Waals surface area contributed by atoms with Crippen LogP contribution in [-0.4, -0.2) is 60.1 Å². The second-order valence-electron chi connectivity index (χ2n) is 7.91. The summed E-state index contributed by atoms with van der Waals surface area (Å²) in [6.45, 7) is 3.88. The highest BCUT2D eigenvalue weighted by Gasteiger charge is 2.38. The van der Waals surface area contributed by atoms with E-state index in [0.717, 1.165) is 0 Å². The standard InChI is InChI=1S/C20H21ClN8O3.C2HF3O2/c1-3-32-17-11(7-13(21)12-8-28(9-14(22)30)26-16(12)17)10(2)25-20(31)15-18(23)27-29-6-4-5-24-19(15)29;3-2(4,5)1(6)7/h4-8,10H,3,9H2,1-2H3,(H2,22,30)(H2,23,27)(H,25,31);(H,6,7). The Labute approximate surface area is 222 Å². The molecule has 0 bridgehead atoms. The third kappa shape index (κ3) is 6.46. The third-order valence-corrected chi connectivity index (χ3v) is 5.40. The second-order valence-corrected chi connectivity index (χ2v) is 8.32. The lowest BCUT2D eigenvalue weighted by atomic mass is 10.0. The fraction of sp³-hybridized carbons (Fsp3) is 0.273. The van der Waals surface area contributed by atoms with Crippen LogP contribution in [-0.2, 0) is 16.1 Å². The highest BCUT2D eigenvalue weighted by atomic mass is 35.5. The number of nitrogen functional groups attached to an aromatic ring is 1. The van der Waals surface area contributed by atoms with Crippen LogP contribution in [0.4, 0.5) is 19.0 Å². The quantitative estimate of drug-likeness (QED) is 0.258. The second kappa shape index (κ2) is 11.4. The normalized spacial score (nSPS) is 12.1. The van der Waals surface area contributed by atoms with E-state index < -0.39 is 30.0 Å². The first-order valence-corrected chi connectivity index (χ1v) is 11.4. The summed E-state index contributed by atoms with van der Waals surface area (Å²) in [4.78, 5) is 37.4. The van der Waals surface area contributed by atoms with E-state index in [1.165, 1.54) is 9.20 Å². The summed E-state index contributed by atoms with van der Waals surface area (Å²) in [6, 6.07) is 2.87. The van der Waals surface area contributed by atoms with Gasteiger partial charge in [0.2, 0.25) is 5.91 Å². The van der Waals surface area contributed by atoms with Gasteiger partial charge in [0.05, 0.1) is 17.7 Å². The van der Waals surface area contributed by atoms with Crippen molar-refractivity contribution in [1.82, 2.24) is 29.7 Å². The monoisotopic (exact) mass is 570 g/mol. The molecule has 0 saturated heterocycles. The summed E-state index contributed by atoms with van der Waals surface area (Å²) >= 11 is 6.49. The number of halogens is 4. The Hall–Kier alpha value is -4.60. The first-order valence-electron chi connectivity index (χ1n) is 11.0. The minimum absolute atomic E-state index is 0.0668. The van der Waals surface area contributed by atoms with Crippen molar-refractivity contribution >= 4 is 51.8 Å². The number of hydrogen-bond acceptors (Lipinski definition) is 8. The van der Waals surface area contributed by atoms with Crippen LogP contribution in [0.1, 0.15) is 35.8 Å². The van der Waals surface area contributed by atoms with E-state index in [4.69, 9.17) is 37.7 Å². The first-order chi connectivity index (χ1) is 18.2. The SMILES string of the molecule is CCOc1c(C(C)NC(=O)c2c(N)nn3cccnc23)cc(Cl)c2cn(CC(N)=O)nc12.O=C(O)C(F)(F)F. The largest absolute Gasteiger partial charge is 0.491 e. The number of carboxylic acid groups (broad SMARTS) is 1. The van der Waals surface area contributed by atoms with Crippen LogP contribution < -0.4 is 21.5 Å². The Kier molecular flexibility index (Phi) is 8.48. The van der Waals surface area contributed by atoms with E-state index in [1.54, 1.807) is 37.6 Å². The van der Waals surface area contributed by atoms with Crippen molar-refractivity contribution in [1.29, 1.82) is 0 Å². The van der Waals surface area contributed by atoms with Crippen molar-refractivity contribution in [3.05, 3.63) is 46.9 Å². The van der Waals surface area contributed by atoms with Gasteiger partial charge in [-0.25, -0.2) is 14.3 Å². The number of nitrogens with zero attached hydrogens (tertiary/aromatic N) is 5. The van der Waals surface area contributed by atoms with E-state index in [9.17, 15) is 22.8 Å². The molecular weight excluding hydrogens is 549 g/mol. The van der Waals surface area contributed by atoms with Gasteiger partial charge >= 0.3 is 12.1 Å². The number of ether oxygens (including phenoxy) is 1. The number of nitrogens with two attached hydrogens (primary N) is 2. The summed E-state index contributed by atoms with van der Waals surface area (Å²) in [6.07, 6.45) is -0.245. The molecule has 0 saturated carbocycles. The Bertz CT molecular complexity index is 1550. The Morgan fingerprint density at radius 2 is 1.95 bits per heavy atom. The summed E-state index contributed by atoms with van der Waals surface area (Å²) in [5.41, 5.74) is 12.8. The van der Waals surface area contributed by atoms with Crippen LogP contribution in [0.3, 0.4) is 0 Å². The van der Waals surface area contributed by atoms with E-state index in [-0.39, 0.29) is 17.9 Å². The molecule has 1 aromatic carbocycles. The highest BCUT2D eigenvalue weighted by Crippen LogP contribution is 2.38. The van der Waals surface area contributed by atoms with Crippen LogP contribution in [0.5, 0.6) is 5.75 Å². The molecule has 0 radical (unpaired) electrons. The minimum atomic E-state index is -5.08. The number of carbonyl (C=O) groups excluding carboxylic acids is 2. The molecule has 0 spiro atoms. The lowest BCUT2D eigenvalue weighted by Gasteiger charge is -2.19. The fourth-order valence-corrected chi connectivity index (χ4v) is 3.76. The maximum atomic E-state index is 13.0. The summed E-state index contributed by atoms with van der Waals surface area (Å²) < 4.78 is 40.4. The number of hydrogen-bond donors (Lipinski definition) is 4. The number of aliphatic carboxylic acids is 1. The van der Waals surface area contributed by atoms with E-state index in [1.807, 2.05) is 6.92 Å². The van der Waals surface area contributed by atoms with Gasteiger partial charge < -0.3 is 26.6 Å². The Morgan fingerprint density at radius 1 is 1.28 bits per heavy atom. The number of aromatic nitrogens is 5. The molecule has 1 atom stereocenters. The zero-order chi connectivity index (χ0) is 29.1. The number of carboxylic acids is 1. The summed E-state index contributed by atoms with van der Waals surface area (Å²) in [5, 5.41) is 19.6. The van der Waals surface area contributed by atoms with Gasteiger partial charge in [-0.1, -0.05) is 11.6 Å². The molecule has 3 aromatic heterocycles. The zero-order valence-electron chi connectivity index (χ0n) is 20.4. The molecule has 0 aliphatic heterocycles. The molecule has 0 aliphatic rings. The van der Waals surface area contributed by atoms with Crippen molar-refractivity contribution < 1.29 is 37.4 Å². The average molecular weight is 571 g/mol. The number of alkyl halides is 3. The molecular formula is C22H22ClF3N8O5. The van der Waals surface area contributed by atoms with Gasteiger partial charge in [0, 0.05) is 29.5 Å². The lowest BCUT2D eigenvalue weighted by Crippen LogP contribution is -2.27. The van der Waals surface area contributed by atoms with Crippen molar-refractivity contribution in [2.45, 2.75) is 32.6 Å². The van der Waals surface area contributed by atoms with Gasteiger partial charge in [0.25, 0.3) is 5.91 Å². The van der Waals surface area contributed by atoms with Crippen LogP contribution in [0, 0.1) is 0 Å². The average Bonchev–Trinajstić information content (AvgIpc) is 3.40. The molecule has 0 fully saturated rings. The molecule has 2 amide bonds. The topological polar surface area (TPSA) is 193 Å². The molecule has 0 aliphatic carbocycles. The smallest absolute Gasteiger partial charge is 0.490 e. The van der Waals surface area contributed by atoms with Crippen LogP contribution in [0.15, 0.2) is 30.7 Å². The molecule has 208 valence electrons. The Morgan fingerprint density at radius 3 is 2.54 bits per heavy atom. The van der Waals surface area contributed by atoms with Gasteiger partial charge in [-0.2, -0.15) is 18.3 Å². The molecule has 17 heteroatoms. The van der Waals surface area contributed by atoms with Crippen molar-refractivity contribution in [3.63, 3.8) is 0 Å². The van der Waals surface area contributed by atoms with Gasteiger partial charge in [-0.3, -0.25) is 14.3 Å². The van der Waals surface area contributed by atoms with Gasteiger partial charge in [0.1, 0.15) is 17.6 Å². The van der Waals surface area contributed by atoms with E-state index >= 15 is 0 Å². The summed E-state index contributed by atoms with van der Waals surface area (Å²) in [5.74, 6) is -3.22. The molecule has 13 nitrogen and oxygen atoms in total. The predicted molar refractivity (Wildman–Crippen MR) is 132 cm³/mol. The van der Waals surface area contributed by atoms with Gasteiger partial charge in [0.15, 0.2) is 17.2 Å². The molecule has 1 unspecified atom stereocenters. The molecule has 3 heterocycles. The number of anilines is 1. The van der Waals surface area contributed by atoms with Gasteiger partial charge in [-0.05, 0) is 26.0 Å². The maximum absolute atomic E-state index is 13.0. The van der Waals surface area contributed by atoms with Crippen molar-refractivity contribution in [2.75, 3.05) is 12.3 Å². The number of benzene rings is 1. The lowest BCUT2D eigenvalue weighted by molar-refractivity contribution is -0.192. The zero-order valence-corrected chi connectivity index (χ0v) is 21.1. The van der Waals surface area contributed by atoms with Crippen molar-refractivity contribution in [2.24, 2.45) is 5.73 Å². The van der Waals surface area contributed by atoms with Crippen molar-refractivity contribution in [3.8, 4) is 5.75 Å². The van der Waals surface area contributed by atoms with E-state index in [2.05, 4.69) is 20.5 Å². The number of nitrogens with one attached hydrogen (secondary N) is 1. The molecule has 4 aromatic rings. The van der Waals surface area contributed by atoms with E-state index in [0.29, 0.717) is 39.5 Å². The Balaban J connectivity index is 0.000000532. The maximum Gasteiger partial charge on any atom is 0.490 e. The molecule has 39 heavy (non-hydrogen) atoms. The third-order valence-electron chi connectivity index (χ3n) is 5.09. The number of rotatable bonds is 7. The van der Waals surface area contributed by atoms with Crippen LogP contribution in [0.2, 0.25) is 5.02 Å². The fourth-order valence-electron chi connectivity index (χ4n) is 3.51. The van der Waals surface area contributed by atoms with Gasteiger partial charge in [-0.15, -0.1) is 5.10 Å². The number of carbonyl (C=O) groups is 3. The summed E-state index contributed by atoms with van der Waals surface area (Å²) in [7, 11) is 0. The molecule has 6 N–H and O–H groups in total. The number of primary amides is 1.